The van der Waals surface area contributed by atoms with Crippen LogP contribution in [0.2, 0.25) is 5.02 Å². The van der Waals surface area contributed by atoms with Gasteiger partial charge in [0.2, 0.25) is 5.95 Å². The van der Waals surface area contributed by atoms with Crippen LogP contribution < -0.4 is 5.73 Å². The fraction of sp³-hybridized carbons (Fsp3) is 0.111. The lowest BCUT2D eigenvalue weighted by Gasteiger charge is -2.03. The van der Waals surface area contributed by atoms with Gasteiger partial charge in [-0.25, -0.2) is 4.68 Å². The van der Waals surface area contributed by atoms with Crippen LogP contribution in [0.25, 0.3) is 0 Å². The summed E-state index contributed by atoms with van der Waals surface area (Å²) in [6.07, 6.45) is 0. The predicted molar refractivity (Wildman–Crippen MR) is 62.7 cm³/mol. The van der Waals surface area contributed by atoms with Gasteiger partial charge in [-0.3, -0.25) is 0 Å². The third-order valence-corrected chi connectivity index (χ3v) is 2.88. The first-order chi connectivity index (χ1) is 7.16. The van der Waals surface area contributed by atoms with Crippen LogP contribution in [0.15, 0.2) is 29.0 Å². The molecule has 15 heavy (non-hydrogen) atoms. The number of nitrogens with zero attached hydrogens (tertiary/aromatic N) is 3. The minimum absolute atomic E-state index is 0.244. The first-order valence-electron chi connectivity index (χ1n) is 4.26. The number of anilines is 1. The lowest BCUT2D eigenvalue weighted by molar-refractivity contribution is 0.670. The molecule has 4 nitrogen and oxygen atoms in total. The lowest BCUT2D eigenvalue weighted by Crippen LogP contribution is -2.03. The Hall–Kier alpha value is -1.07. The number of benzene rings is 1. The largest absolute Gasteiger partial charge is 0.366 e. The van der Waals surface area contributed by atoms with E-state index in [1.165, 1.54) is 0 Å². The van der Waals surface area contributed by atoms with Crippen molar-refractivity contribution >= 4 is 33.5 Å². The maximum Gasteiger partial charge on any atom is 0.240 e. The second-order valence-corrected chi connectivity index (χ2v) is 4.10. The molecule has 0 amide bonds. The number of hydrogen-bond donors (Lipinski definition) is 1. The van der Waals surface area contributed by atoms with Crippen LogP contribution in [-0.2, 0) is 6.54 Å². The number of halogens is 2. The highest BCUT2D eigenvalue weighted by Crippen LogP contribution is 2.18. The second kappa shape index (κ2) is 4.20. The highest BCUT2D eigenvalue weighted by molar-refractivity contribution is 9.10. The van der Waals surface area contributed by atoms with Gasteiger partial charge in [0.25, 0.3) is 0 Å². The third kappa shape index (κ3) is 2.30. The van der Waals surface area contributed by atoms with Crippen LogP contribution in [0.3, 0.4) is 0 Å². The molecule has 1 aromatic carbocycles. The molecule has 0 spiro atoms. The fourth-order valence-corrected chi connectivity index (χ4v) is 1.81. The van der Waals surface area contributed by atoms with E-state index in [1.54, 1.807) is 4.68 Å². The molecule has 0 bridgehead atoms. The number of aromatic nitrogens is 3. The van der Waals surface area contributed by atoms with Gasteiger partial charge >= 0.3 is 0 Å². The molecule has 78 valence electrons. The van der Waals surface area contributed by atoms with Gasteiger partial charge in [-0.05, 0) is 27.6 Å². The Morgan fingerprint density at radius 2 is 2.13 bits per heavy atom. The molecule has 0 atom stereocenters. The SMILES string of the molecule is Nc1nc(Br)n(Cc2ccccc2Cl)n1. The van der Waals surface area contributed by atoms with E-state index in [4.69, 9.17) is 17.3 Å². The standard InChI is InChI=1S/C9H8BrClN4/c10-8-13-9(12)14-15(8)5-6-3-1-2-4-7(6)11/h1-4H,5H2,(H2,12,14). The quantitative estimate of drug-likeness (QED) is 0.922. The summed E-state index contributed by atoms with van der Waals surface area (Å²) < 4.78 is 2.25. The molecule has 0 saturated heterocycles. The number of rotatable bonds is 2. The zero-order valence-electron chi connectivity index (χ0n) is 7.69. The zero-order valence-corrected chi connectivity index (χ0v) is 10.0. The average molecular weight is 288 g/mol. The van der Waals surface area contributed by atoms with Gasteiger partial charge in [0.05, 0.1) is 6.54 Å². The minimum Gasteiger partial charge on any atom is -0.366 e. The molecule has 1 aromatic heterocycles. The molecular formula is C9H8BrClN4. The normalized spacial score (nSPS) is 10.5. The first-order valence-corrected chi connectivity index (χ1v) is 5.43. The summed E-state index contributed by atoms with van der Waals surface area (Å²) in [5.74, 6) is 0.244. The van der Waals surface area contributed by atoms with Crippen molar-refractivity contribution in [2.45, 2.75) is 6.54 Å². The van der Waals surface area contributed by atoms with Gasteiger partial charge < -0.3 is 5.73 Å². The molecule has 0 fully saturated rings. The van der Waals surface area contributed by atoms with E-state index in [-0.39, 0.29) is 5.95 Å². The van der Waals surface area contributed by atoms with Crippen LogP contribution >= 0.6 is 27.5 Å². The van der Waals surface area contributed by atoms with E-state index in [9.17, 15) is 0 Å². The van der Waals surface area contributed by atoms with E-state index >= 15 is 0 Å². The third-order valence-electron chi connectivity index (χ3n) is 1.92. The highest BCUT2D eigenvalue weighted by Gasteiger charge is 2.06. The Kier molecular flexibility index (Phi) is 2.93. The van der Waals surface area contributed by atoms with Crippen molar-refractivity contribution in [2.24, 2.45) is 0 Å². The Balaban J connectivity index is 2.29. The van der Waals surface area contributed by atoms with Crippen molar-refractivity contribution < 1.29 is 0 Å². The number of nitrogens with two attached hydrogens (primary N) is 1. The van der Waals surface area contributed by atoms with Crippen LogP contribution in [0.4, 0.5) is 5.95 Å². The molecule has 1 heterocycles. The summed E-state index contributed by atoms with van der Waals surface area (Å²) in [4.78, 5) is 3.94. The Bertz CT molecular complexity index is 483. The maximum atomic E-state index is 6.03. The van der Waals surface area contributed by atoms with Crippen molar-refractivity contribution in [3.8, 4) is 0 Å². The predicted octanol–water partition coefficient (Wildman–Crippen LogP) is 2.32. The lowest BCUT2D eigenvalue weighted by atomic mass is 10.2. The number of hydrogen-bond acceptors (Lipinski definition) is 3. The highest BCUT2D eigenvalue weighted by atomic mass is 79.9. The van der Waals surface area contributed by atoms with Gasteiger partial charge in [-0.1, -0.05) is 29.8 Å². The summed E-state index contributed by atoms with van der Waals surface area (Å²) in [5, 5.41) is 4.73. The Morgan fingerprint density at radius 1 is 1.40 bits per heavy atom. The summed E-state index contributed by atoms with van der Waals surface area (Å²) >= 11 is 9.29. The van der Waals surface area contributed by atoms with Gasteiger partial charge in [-0.15, -0.1) is 5.10 Å². The Labute approximate surface area is 100 Å². The Morgan fingerprint density at radius 3 is 2.73 bits per heavy atom. The molecule has 2 aromatic rings. The van der Waals surface area contributed by atoms with Crippen LogP contribution in [0, 0.1) is 0 Å². The van der Waals surface area contributed by atoms with Crippen molar-refractivity contribution in [1.29, 1.82) is 0 Å². The monoisotopic (exact) mass is 286 g/mol. The average Bonchev–Trinajstić information content (AvgIpc) is 2.49. The summed E-state index contributed by atoms with van der Waals surface area (Å²) in [6, 6.07) is 7.59. The van der Waals surface area contributed by atoms with Crippen molar-refractivity contribution in [3.05, 3.63) is 39.6 Å². The molecule has 2 N–H and O–H groups in total. The number of nitrogen functional groups attached to an aromatic ring is 1. The molecule has 2 rings (SSSR count). The first kappa shape index (κ1) is 10.4. The van der Waals surface area contributed by atoms with E-state index < -0.39 is 0 Å². The van der Waals surface area contributed by atoms with Crippen LogP contribution in [0.5, 0.6) is 0 Å². The van der Waals surface area contributed by atoms with Crippen molar-refractivity contribution in [3.63, 3.8) is 0 Å². The molecule has 0 aliphatic heterocycles. The smallest absolute Gasteiger partial charge is 0.240 e. The van der Waals surface area contributed by atoms with Gasteiger partial charge in [-0.2, -0.15) is 4.98 Å². The molecule has 0 saturated carbocycles. The van der Waals surface area contributed by atoms with Gasteiger partial charge in [0.1, 0.15) is 0 Å². The molecule has 0 aliphatic rings. The second-order valence-electron chi connectivity index (χ2n) is 2.99. The van der Waals surface area contributed by atoms with Crippen LogP contribution in [-0.4, -0.2) is 14.8 Å². The van der Waals surface area contributed by atoms with Gasteiger partial charge in [0, 0.05) is 5.02 Å². The van der Waals surface area contributed by atoms with E-state index in [2.05, 4.69) is 26.0 Å². The van der Waals surface area contributed by atoms with Crippen molar-refractivity contribution in [1.82, 2.24) is 14.8 Å². The minimum atomic E-state index is 0.244. The summed E-state index contributed by atoms with van der Waals surface area (Å²) in [6.45, 7) is 0.546. The van der Waals surface area contributed by atoms with E-state index in [0.29, 0.717) is 16.3 Å². The summed E-state index contributed by atoms with van der Waals surface area (Å²) in [5.41, 5.74) is 6.44. The fourth-order valence-electron chi connectivity index (χ4n) is 1.23. The van der Waals surface area contributed by atoms with E-state index in [1.807, 2.05) is 24.3 Å². The van der Waals surface area contributed by atoms with Gasteiger partial charge in [0.15, 0.2) is 4.73 Å². The molecule has 6 heteroatoms. The molecule has 0 unspecified atom stereocenters. The maximum absolute atomic E-state index is 6.03. The molecule has 0 aliphatic carbocycles. The van der Waals surface area contributed by atoms with Crippen LogP contribution in [0.1, 0.15) is 5.56 Å². The zero-order chi connectivity index (χ0) is 10.8. The van der Waals surface area contributed by atoms with E-state index in [0.717, 1.165) is 5.56 Å². The topological polar surface area (TPSA) is 56.7 Å². The molecule has 0 radical (unpaired) electrons. The van der Waals surface area contributed by atoms with Crippen molar-refractivity contribution in [2.75, 3.05) is 5.73 Å². The molecular weight excluding hydrogens is 279 g/mol. The summed E-state index contributed by atoms with van der Waals surface area (Å²) in [7, 11) is 0.